The fourth-order valence-corrected chi connectivity index (χ4v) is 3.03. The summed E-state index contributed by atoms with van der Waals surface area (Å²) in [4.78, 5) is 23.1. The molecule has 3 aromatic rings. The Hall–Kier alpha value is -3.08. The van der Waals surface area contributed by atoms with Crippen LogP contribution in [0.15, 0.2) is 67.3 Å². The number of carbonyl (C=O) groups is 1. The summed E-state index contributed by atoms with van der Waals surface area (Å²) in [5, 5.41) is 0. The quantitative estimate of drug-likeness (QED) is 0.694. The number of amides is 1. The molecule has 2 aromatic heterocycles. The molecule has 0 saturated carbocycles. The van der Waals surface area contributed by atoms with E-state index in [2.05, 4.69) is 9.97 Å². The van der Waals surface area contributed by atoms with Gasteiger partial charge >= 0.3 is 0 Å². The van der Waals surface area contributed by atoms with Crippen LogP contribution < -0.4 is 0 Å². The SMILES string of the molecule is CCN(C(=O)c1cccnc1)[C@H](c1cccnc1)c1ccc(F)c(C)c1. The number of halogens is 1. The molecule has 0 unspecified atom stereocenters. The normalized spacial score (nSPS) is 11.8. The van der Waals surface area contributed by atoms with Crippen LogP contribution in [0.25, 0.3) is 0 Å². The van der Waals surface area contributed by atoms with E-state index < -0.39 is 0 Å². The molecular weight excluding hydrogens is 329 g/mol. The zero-order valence-electron chi connectivity index (χ0n) is 14.8. The average Bonchev–Trinajstić information content (AvgIpc) is 2.69. The van der Waals surface area contributed by atoms with Crippen molar-refractivity contribution >= 4 is 5.91 Å². The van der Waals surface area contributed by atoms with Crippen LogP contribution in [0, 0.1) is 12.7 Å². The van der Waals surface area contributed by atoms with E-state index in [1.165, 1.54) is 6.07 Å². The molecule has 0 radical (unpaired) electrons. The minimum Gasteiger partial charge on any atom is -0.328 e. The maximum atomic E-state index is 13.8. The first-order valence-corrected chi connectivity index (χ1v) is 8.48. The number of benzene rings is 1. The van der Waals surface area contributed by atoms with Crippen LogP contribution >= 0.6 is 0 Å². The van der Waals surface area contributed by atoms with Crippen LogP contribution in [-0.4, -0.2) is 27.3 Å². The third-order valence-electron chi connectivity index (χ3n) is 4.32. The van der Waals surface area contributed by atoms with Crippen molar-refractivity contribution in [1.29, 1.82) is 0 Å². The Labute approximate surface area is 152 Å². The number of aryl methyl sites for hydroxylation is 1. The van der Waals surface area contributed by atoms with Crippen molar-refractivity contribution in [2.24, 2.45) is 0 Å². The van der Waals surface area contributed by atoms with Crippen molar-refractivity contribution in [1.82, 2.24) is 14.9 Å². The van der Waals surface area contributed by atoms with E-state index in [4.69, 9.17) is 0 Å². The van der Waals surface area contributed by atoms with Gasteiger partial charge in [0.25, 0.3) is 5.91 Å². The maximum Gasteiger partial charge on any atom is 0.256 e. The van der Waals surface area contributed by atoms with Gasteiger partial charge in [-0.25, -0.2) is 4.39 Å². The monoisotopic (exact) mass is 349 g/mol. The summed E-state index contributed by atoms with van der Waals surface area (Å²) in [6.45, 7) is 4.14. The number of carbonyl (C=O) groups excluding carboxylic acids is 1. The largest absolute Gasteiger partial charge is 0.328 e. The van der Waals surface area contributed by atoms with Crippen molar-refractivity contribution in [3.8, 4) is 0 Å². The van der Waals surface area contributed by atoms with E-state index in [1.54, 1.807) is 60.9 Å². The highest BCUT2D eigenvalue weighted by atomic mass is 19.1. The number of aromatic nitrogens is 2. The van der Waals surface area contributed by atoms with E-state index in [1.807, 2.05) is 19.1 Å². The smallest absolute Gasteiger partial charge is 0.256 e. The maximum absolute atomic E-state index is 13.8. The topological polar surface area (TPSA) is 46.1 Å². The van der Waals surface area contributed by atoms with Gasteiger partial charge in [-0.2, -0.15) is 0 Å². The average molecular weight is 349 g/mol. The summed E-state index contributed by atoms with van der Waals surface area (Å²) < 4.78 is 13.8. The Morgan fingerprint density at radius 1 is 1.08 bits per heavy atom. The third kappa shape index (κ3) is 3.61. The number of pyridine rings is 2. The minimum absolute atomic E-state index is 0.128. The van der Waals surface area contributed by atoms with E-state index in [0.29, 0.717) is 17.7 Å². The highest BCUT2D eigenvalue weighted by Crippen LogP contribution is 2.30. The molecule has 1 amide bonds. The molecule has 4 nitrogen and oxygen atoms in total. The fourth-order valence-electron chi connectivity index (χ4n) is 3.03. The van der Waals surface area contributed by atoms with Crippen LogP contribution in [-0.2, 0) is 0 Å². The number of nitrogens with zero attached hydrogens (tertiary/aromatic N) is 3. The van der Waals surface area contributed by atoms with Crippen LogP contribution in [0.1, 0.15) is 40.0 Å². The molecule has 0 bridgehead atoms. The number of rotatable bonds is 5. The molecule has 1 aromatic carbocycles. The lowest BCUT2D eigenvalue weighted by Crippen LogP contribution is -2.35. The van der Waals surface area contributed by atoms with Crippen molar-refractivity contribution in [3.63, 3.8) is 0 Å². The Morgan fingerprint density at radius 2 is 1.81 bits per heavy atom. The molecule has 0 N–H and O–H groups in total. The summed E-state index contributed by atoms with van der Waals surface area (Å²) in [6, 6.07) is 11.8. The van der Waals surface area contributed by atoms with Crippen molar-refractivity contribution in [2.75, 3.05) is 6.54 Å². The van der Waals surface area contributed by atoms with Gasteiger partial charge in [0.2, 0.25) is 0 Å². The van der Waals surface area contributed by atoms with Gasteiger partial charge < -0.3 is 4.90 Å². The molecule has 1 atom stereocenters. The molecule has 0 spiro atoms. The zero-order valence-corrected chi connectivity index (χ0v) is 14.8. The predicted octanol–water partition coefficient (Wildman–Crippen LogP) is 4.18. The van der Waals surface area contributed by atoms with Crippen molar-refractivity contribution in [3.05, 3.63) is 95.3 Å². The van der Waals surface area contributed by atoms with E-state index in [0.717, 1.165) is 11.1 Å². The molecule has 2 heterocycles. The summed E-state index contributed by atoms with van der Waals surface area (Å²) in [6.07, 6.45) is 6.62. The molecule has 26 heavy (non-hydrogen) atoms. The molecular formula is C21H20FN3O. The van der Waals surface area contributed by atoms with Crippen LogP contribution in [0.3, 0.4) is 0 Å². The third-order valence-corrected chi connectivity index (χ3v) is 4.32. The molecule has 0 saturated heterocycles. The predicted molar refractivity (Wildman–Crippen MR) is 98.2 cm³/mol. The lowest BCUT2D eigenvalue weighted by molar-refractivity contribution is 0.0716. The Balaban J connectivity index is 2.09. The summed E-state index contributed by atoms with van der Waals surface area (Å²) in [7, 11) is 0. The van der Waals surface area contributed by atoms with Gasteiger partial charge in [0.1, 0.15) is 5.82 Å². The summed E-state index contributed by atoms with van der Waals surface area (Å²) in [5.41, 5.74) is 2.77. The molecule has 132 valence electrons. The second kappa shape index (κ2) is 7.87. The van der Waals surface area contributed by atoms with Gasteiger partial charge in [-0.05, 0) is 54.8 Å². The van der Waals surface area contributed by atoms with E-state index in [-0.39, 0.29) is 17.8 Å². The van der Waals surface area contributed by atoms with Gasteiger partial charge in [0.05, 0.1) is 11.6 Å². The van der Waals surface area contributed by atoms with E-state index in [9.17, 15) is 9.18 Å². The van der Waals surface area contributed by atoms with Crippen molar-refractivity contribution < 1.29 is 9.18 Å². The zero-order chi connectivity index (χ0) is 18.5. The highest BCUT2D eigenvalue weighted by Gasteiger charge is 2.27. The molecule has 3 rings (SSSR count). The first-order chi connectivity index (χ1) is 12.6. The second-order valence-corrected chi connectivity index (χ2v) is 6.03. The number of hydrogen-bond acceptors (Lipinski definition) is 3. The molecule has 0 aliphatic carbocycles. The highest BCUT2D eigenvalue weighted by molar-refractivity contribution is 5.94. The van der Waals surface area contributed by atoms with Gasteiger partial charge in [-0.3, -0.25) is 14.8 Å². The summed E-state index contributed by atoms with van der Waals surface area (Å²) in [5.74, 6) is -0.392. The second-order valence-electron chi connectivity index (χ2n) is 6.03. The Bertz CT molecular complexity index is 884. The lowest BCUT2D eigenvalue weighted by Gasteiger charge is -2.32. The standard InChI is InChI=1S/C21H20FN3O/c1-3-25(21(26)18-7-5-11-24-14-18)20(17-6-4-10-23-13-17)16-8-9-19(22)15(2)12-16/h4-14,20H,3H2,1-2H3/t20-/m0/s1. The first kappa shape index (κ1) is 17.7. The van der Waals surface area contributed by atoms with Crippen molar-refractivity contribution in [2.45, 2.75) is 19.9 Å². The van der Waals surface area contributed by atoms with Gasteiger partial charge in [-0.15, -0.1) is 0 Å². The molecule has 0 fully saturated rings. The Morgan fingerprint density at radius 3 is 2.38 bits per heavy atom. The molecule has 0 aliphatic rings. The van der Waals surface area contributed by atoms with Gasteiger partial charge in [0, 0.05) is 31.3 Å². The minimum atomic E-state index is -0.360. The number of hydrogen-bond donors (Lipinski definition) is 0. The van der Waals surface area contributed by atoms with Crippen LogP contribution in [0.5, 0.6) is 0 Å². The van der Waals surface area contributed by atoms with Crippen LogP contribution in [0.2, 0.25) is 0 Å². The molecule has 5 heteroatoms. The first-order valence-electron chi connectivity index (χ1n) is 8.48. The van der Waals surface area contributed by atoms with Gasteiger partial charge in [-0.1, -0.05) is 18.2 Å². The molecule has 0 aliphatic heterocycles. The Kier molecular flexibility index (Phi) is 5.37. The van der Waals surface area contributed by atoms with E-state index >= 15 is 0 Å². The van der Waals surface area contributed by atoms with Gasteiger partial charge in [0.15, 0.2) is 0 Å². The fraction of sp³-hybridized carbons (Fsp3) is 0.190. The summed E-state index contributed by atoms with van der Waals surface area (Å²) >= 11 is 0. The van der Waals surface area contributed by atoms with Crippen LogP contribution in [0.4, 0.5) is 4.39 Å². The lowest BCUT2D eigenvalue weighted by atomic mass is 9.96.